The minimum Gasteiger partial charge on any atom is -0.183 e. The van der Waals surface area contributed by atoms with Gasteiger partial charge in [0.25, 0.3) is 0 Å². The summed E-state index contributed by atoms with van der Waals surface area (Å²) in [6.45, 7) is 44.6. The van der Waals surface area contributed by atoms with Gasteiger partial charge >= 0.3 is 49.7 Å². The molecule has 0 spiro atoms. The largest absolute Gasteiger partial charge is 1.00 e. The van der Waals surface area contributed by atoms with Crippen molar-refractivity contribution < 1.29 is 37.7 Å². The number of aryl methyl sites for hydroxylation is 15. The second-order valence-corrected chi connectivity index (χ2v) is 54.6. The van der Waals surface area contributed by atoms with Crippen molar-refractivity contribution >= 4 is 166 Å². The molecule has 1 unspecified atom stereocenters. The van der Waals surface area contributed by atoms with Gasteiger partial charge in [0.2, 0.25) is 0 Å². The molecule has 0 radical (unpaired) electrons. The monoisotopic (exact) mass is 1720 g/mol. The topological polar surface area (TPSA) is 0 Å². The Labute approximate surface area is 703 Å². The Morgan fingerprint density at radius 1 is 0.375 bits per heavy atom. The van der Waals surface area contributed by atoms with E-state index in [1.54, 1.807) is 10.4 Å². The third-order valence-electron chi connectivity index (χ3n) is 21.4. The fourth-order valence-corrected chi connectivity index (χ4v) is 31.5. The zero-order valence-electron chi connectivity index (χ0n) is 64.8. The smallest absolute Gasteiger partial charge is 0.183 e. The van der Waals surface area contributed by atoms with E-state index in [4.69, 9.17) is 66.5 Å². The molecule has 104 heavy (non-hydrogen) atoms. The number of benzene rings is 10. The molecule has 10 aromatic rings. The van der Waals surface area contributed by atoms with Crippen molar-refractivity contribution in [3.8, 4) is 22.3 Å². The van der Waals surface area contributed by atoms with Crippen molar-refractivity contribution in [1.82, 2.24) is 0 Å². The predicted octanol–water partition coefficient (Wildman–Crippen LogP) is 19.8. The molecule has 0 saturated carbocycles. The number of hydrogen-bond donors (Lipinski definition) is 0. The van der Waals surface area contributed by atoms with E-state index in [2.05, 4.69) is 363 Å². The zero-order chi connectivity index (χ0) is 75.0. The summed E-state index contributed by atoms with van der Waals surface area (Å²) in [6.07, 6.45) is 6.41. The molecule has 0 saturated heterocycles. The molecule has 14 heteroatoms. The summed E-state index contributed by atoms with van der Waals surface area (Å²) in [5.41, 5.74) is 36.5. The first-order valence-corrected chi connectivity index (χ1v) is 49.5. The van der Waals surface area contributed by atoms with E-state index >= 15 is 0 Å². The van der Waals surface area contributed by atoms with Gasteiger partial charge in [-0.25, -0.2) is 0 Å². The summed E-state index contributed by atoms with van der Waals surface area (Å²) in [7, 11) is -2.84. The number of allylic oxidation sites excluding steroid dienone is 4. The molecule has 0 nitrogen and oxygen atoms in total. The van der Waals surface area contributed by atoms with Gasteiger partial charge < -0.3 is 0 Å². The van der Waals surface area contributed by atoms with Gasteiger partial charge in [-0.05, 0) is 241 Å². The normalized spacial score (nSPS) is 15.1. The minimum atomic E-state index is -2.84. The summed E-state index contributed by atoms with van der Waals surface area (Å²) < 4.78 is 3.45. The molecule has 10 aromatic carbocycles. The summed E-state index contributed by atoms with van der Waals surface area (Å²) >= 11 is 45.1. The second kappa shape index (κ2) is 33.3. The van der Waals surface area contributed by atoms with Gasteiger partial charge in [-0.15, -0.1) is 77.6 Å². The van der Waals surface area contributed by atoms with E-state index in [1.807, 2.05) is 6.07 Å². The number of fused-ring (bicyclic) bond motifs is 9. The van der Waals surface area contributed by atoms with E-state index < -0.39 is 20.1 Å². The summed E-state index contributed by atoms with van der Waals surface area (Å²) in [5, 5.41) is 4.28. The number of hydrogen-bond acceptors (Lipinski definition) is 0. The molecule has 4 aliphatic carbocycles. The van der Waals surface area contributed by atoms with Gasteiger partial charge in [0.1, 0.15) is 0 Å². The Bertz CT molecular complexity index is 4780. The second-order valence-electron chi connectivity index (χ2n) is 30.6. The summed E-state index contributed by atoms with van der Waals surface area (Å²) in [4.78, 5) is 0. The maximum absolute atomic E-state index is 7.02. The quantitative estimate of drug-likeness (QED) is 0.0674. The van der Waals surface area contributed by atoms with Crippen LogP contribution in [0.15, 0.2) is 183 Å². The average Bonchev–Trinajstić information content (AvgIpc) is 1.14. The fourth-order valence-electron chi connectivity index (χ4n) is 18.0. The Balaban J connectivity index is 0.000000210. The molecule has 0 amide bonds. The Hall–Kier alpha value is -3.29. The van der Waals surface area contributed by atoms with Gasteiger partial charge in [-0.1, -0.05) is 252 Å². The molecule has 4 aliphatic rings. The SMILES string of the molecule is CC1(C)c2c[c-]ccc2-c2ccc(Br)cc21.Cc1[c-]c(C)cc(C)c1.Cc1cc(C)c([Si](Cl)(Cl)c2c(C)cc(C)cc2C)c(C)c1.Cc1cc(C)c([Si](c2ccc3c(c2)C(C)(C)c2cc(Br)ccc2-3)(c2c(C)cc(C)cc2C)C2C=C3C(=CC2)c2ccc(Br)cc2C3(C)C)c(C)c1.Cl[Si](Cl)(Cl)Cl.[Li+].[Li+]. The van der Waals surface area contributed by atoms with E-state index in [0.29, 0.717) is 5.54 Å². The van der Waals surface area contributed by atoms with Crippen LogP contribution < -0.4 is 63.7 Å². The first kappa shape index (κ1) is 86.3. The van der Waals surface area contributed by atoms with Crippen molar-refractivity contribution in [1.29, 1.82) is 0 Å². The maximum Gasteiger partial charge on any atom is 1.00 e. The van der Waals surface area contributed by atoms with Crippen molar-refractivity contribution in [3.63, 3.8) is 0 Å². The van der Waals surface area contributed by atoms with Gasteiger partial charge in [0.15, 0.2) is 8.07 Å². The van der Waals surface area contributed by atoms with Crippen molar-refractivity contribution in [2.75, 3.05) is 0 Å². The van der Waals surface area contributed by atoms with Gasteiger partial charge in [-0.3, -0.25) is 0 Å². The molecule has 530 valence electrons. The van der Waals surface area contributed by atoms with Crippen LogP contribution in [0.4, 0.5) is 0 Å². The van der Waals surface area contributed by atoms with Crippen LogP contribution in [-0.2, 0) is 16.2 Å². The minimum absolute atomic E-state index is 0. The molecule has 0 fully saturated rings. The van der Waals surface area contributed by atoms with Crippen molar-refractivity contribution in [2.45, 2.75) is 174 Å². The zero-order valence-corrected chi connectivity index (χ0v) is 77.1. The summed E-state index contributed by atoms with van der Waals surface area (Å²) in [6, 6.07) is 63.5. The standard InChI is InChI=1S/C48H48Br2Si.C18H22Cl2Si.C15H12Br.C9H11.Cl4Si.2Li/c1-27-19-29(3)45(30(4)20-27)51(46-31(5)21-28(2)22-32(46)6,35-13-17-39-37-15-11-33(49)23-41(37)47(7,8)43(39)25-35)36-14-18-40-38-16-12-34(50)24-42(38)48(9,10)44(40)26-36;1-11-7-13(3)17(14(4)8-11)21(19,20)18-15(5)9-12(2)10-16(18)6;1-15(2)13-6-4-3-5-11(13)12-8-7-10(16)9-14(12)15;1-7-4-8(2)6-9(3)5-7;1-5(2,3)4;;/h11-13,15-26,36H,14H2,1-10H3;7-10H,1-6H3;3,5-9H,1-2H3;4-5H,1-3H3;;;/q;;2*-1;;2*+1. The van der Waals surface area contributed by atoms with Gasteiger partial charge in [-0.2, -0.15) is 59.2 Å². The van der Waals surface area contributed by atoms with Crippen molar-refractivity contribution in [2.24, 2.45) is 0 Å². The van der Waals surface area contributed by atoms with Crippen LogP contribution >= 0.6 is 114 Å². The van der Waals surface area contributed by atoms with Crippen LogP contribution in [0.25, 0.3) is 27.8 Å². The molecule has 0 heterocycles. The molecule has 0 N–H and O–H groups in total. The van der Waals surface area contributed by atoms with Gasteiger partial charge in [0.05, 0.1) is 0 Å². The average molecular weight is 1730 g/mol. The molecule has 0 aromatic heterocycles. The van der Waals surface area contributed by atoms with Crippen LogP contribution in [0.1, 0.15) is 165 Å². The van der Waals surface area contributed by atoms with E-state index in [-0.39, 0.29) is 54.0 Å². The molecule has 1 atom stereocenters. The molecular formula is C90H93Br3Cl6Li2Si3. The van der Waals surface area contributed by atoms with Crippen LogP contribution in [0, 0.1) is 116 Å². The molecular weight excluding hydrogens is 1630 g/mol. The summed E-state index contributed by atoms with van der Waals surface area (Å²) in [5.74, 6) is 0. The first-order valence-electron chi connectivity index (χ1n) is 34.9. The number of halogens is 9. The van der Waals surface area contributed by atoms with Crippen molar-refractivity contribution in [3.05, 3.63) is 312 Å². The van der Waals surface area contributed by atoms with Crippen LogP contribution in [0.2, 0.25) is 5.54 Å². The third-order valence-corrected chi connectivity index (χ3v) is 33.9. The van der Waals surface area contributed by atoms with Crippen LogP contribution in [0.5, 0.6) is 0 Å². The number of rotatable bonds is 6. The van der Waals surface area contributed by atoms with E-state index in [1.165, 1.54) is 155 Å². The fraction of sp³-hybridized carbons (Fsp3) is 0.289. The van der Waals surface area contributed by atoms with E-state index in [0.717, 1.165) is 30.2 Å². The Morgan fingerprint density at radius 2 is 0.692 bits per heavy atom. The third kappa shape index (κ3) is 17.4. The molecule has 0 aliphatic heterocycles. The van der Waals surface area contributed by atoms with Crippen LogP contribution in [0.3, 0.4) is 0 Å². The van der Waals surface area contributed by atoms with E-state index in [9.17, 15) is 0 Å². The first-order chi connectivity index (χ1) is 47.5. The Kier molecular flexibility index (Phi) is 27.7. The molecule has 14 rings (SSSR count). The maximum atomic E-state index is 7.02. The Morgan fingerprint density at radius 3 is 1.08 bits per heavy atom. The predicted molar refractivity (Wildman–Crippen MR) is 466 cm³/mol. The molecule has 0 bridgehead atoms. The van der Waals surface area contributed by atoms with Crippen LogP contribution in [-0.4, -0.2) is 20.1 Å². The van der Waals surface area contributed by atoms with Gasteiger partial charge in [0, 0.05) is 24.2 Å².